The molecule has 3 aromatic rings. The maximum Gasteiger partial charge on any atom is 0.255 e. The Balaban J connectivity index is 1.16. The number of benzene rings is 3. The monoisotopic (exact) mass is 480 g/mol. The predicted molar refractivity (Wildman–Crippen MR) is 143 cm³/mol. The van der Waals surface area contributed by atoms with E-state index >= 15 is 0 Å². The third kappa shape index (κ3) is 5.60. The molecule has 0 saturated carbocycles. The number of carbonyl (C=O) groups is 2. The normalized spacial score (nSPS) is 15.0. The highest BCUT2D eigenvalue weighted by atomic mass is 16.2. The van der Waals surface area contributed by atoms with Gasteiger partial charge in [0.2, 0.25) is 0 Å². The van der Waals surface area contributed by atoms with E-state index in [1.807, 2.05) is 24.3 Å². The average Bonchev–Trinajstić information content (AvgIpc) is 2.95. The number of anilines is 2. The lowest BCUT2D eigenvalue weighted by atomic mass is 10.1. The number of aliphatic imine (C=N–C) groups is 2. The molecule has 4 N–H and O–H groups in total. The molecule has 3 aromatic carbocycles. The number of rotatable bonds is 6. The summed E-state index contributed by atoms with van der Waals surface area (Å²) in [6, 6.07) is 21.8. The van der Waals surface area contributed by atoms with E-state index in [9.17, 15) is 9.59 Å². The number of hydrogen-bond donors (Lipinski definition) is 4. The number of amidine groups is 2. The van der Waals surface area contributed by atoms with Crippen molar-refractivity contribution in [3.8, 4) is 0 Å². The second kappa shape index (κ2) is 10.9. The number of hydrogen-bond acceptors (Lipinski definition) is 6. The fourth-order valence-corrected chi connectivity index (χ4v) is 4.05. The molecule has 8 heteroatoms. The van der Waals surface area contributed by atoms with Crippen LogP contribution in [0.5, 0.6) is 0 Å². The van der Waals surface area contributed by atoms with Gasteiger partial charge in [0.15, 0.2) is 0 Å². The zero-order valence-electron chi connectivity index (χ0n) is 19.9. The van der Waals surface area contributed by atoms with Crippen LogP contribution in [0.1, 0.15) is 44.7 Å². The van der Waals surface area contributed by atoms with E-state index in [1.54, 1.807) is 48.5 Å². The molecule has 0 aliphatic carbocycles. The third-order valence-electron chi connectivity index (χ3n) is 6.04. The smallest absolute Gasteiger partial charge is 0.255 e. The molecule has 0 aromatic heterocycles. The summed E-state index contributed by atoms with van der Waals surface area (Å²) in [6.45, 7) is 3.47. The highest BCUT2D eigenvalue weighted by molar-refractivity contribution is 6.07. The Bertz CT molecular complexity index is 1190. The molecule has 2 heterocycles. The molecule has 36 heavy (non-hydrogen) atoms. The molecule has 5 rings (SSSR count). The van der Waals surface area contributed by atoms with Gasteiger partial charge < -0.3 is 21.3 Å². The Morgan fingerprint density at radius 3 is 1.31 bits per heavy atom. The molecule has 8 nitrogen and oxygen atoms in total. The van der Waals surface area contributed by atoms with Crippen molar-refractivity contribution in [2.24, 2.45) is 9.98 Å². The van der Waals surface area contributed by atoms with Gasteiger partial charge in [-0.1, -0.05) is 24.3 Å². The van der Waals surface area contributed by atoms with Crippen molar-refractivity contribution < 1.29 is 9.59 Å². The summed E-state index contributed by atoms with van der Waals surface area (Å²) in [5.41, 5.74) is 4.35. The highest BCUT2D eigenvalue weighted by Gasteiger charge is 2.12. The van der Waals surface area contributed by atoms with Crippen LogP contribution < -0.4 is 21.3 Å². The van der Waals surface area contributed by atoms with Crippen LogP contribution in [0.2, 0.25) is 0 Å². The predicted octanol–water partition coefficient (Wildman–Crippen LogP) is 3.67. The van der Waals surface area contributed by atoms with Crippen LogP contribution in [0.3, 0.4) is 0 Å². The second-order valence-corrected chi connectivity index (χ2v) is 8.66. The molecule has 0 bridgehead atoms. The van der Waals surface area contributed by atoms with E-state index in [2.05, 4.69) is 31.3 Å². The van der Waals surface area contributed by atoms with Crippen molar-refractivity contribution in [1.82, 2.24) is 10.6 Å². The van der Waals surface area contributed by atoms with E-state index < -0.39 is 0 Å². The number of nitrogens with one attached hydrogen (secondary N) is 4. The maximum atomic E-state index is 12.7. The summed E-state index contributed by atoms with van der Waals surface area (Å²) in [6.07, 6.45) is 2.07. The minimum absolute atomic E-state index is 0.200. The lowest BCUT2D eigenvalue weighted by Gasteiger charge is -2.15. The molecule has 0 saturated heterocycles. The Morgan fingerprint density at radius 2 is 0.972 bits per heavy atom. The fraction of sp³-hybridized carbons (Fsp3) is 0.214. The Hall–Kier alpha value is -4.46. The third-order valence-corrected chi connectivity index (χ3v) is 6.04. The molecule has 0 spiro atoms. The minimum Gasteiger partial charge on any atom is -0.370 e. The molecule has 2 aliphatic heterocycles. The minimum atomic E-state index is -0.200. The lowest BCUT2D eigenvalue weighted by molar-refractivity contribution is 0.101. The molecule has 0 atom stereocenters. The van der Waals surface area contributed by atoms with Crippen LogP contribution in [0.25, 0.3) is 0 Å². The molecule has 0 fully saturated rings. The standard InChI is InChI=1S/C28H28N6O2/c35-27(21-7-3-19(4-8-21)25-29-15-1-16-30-25)33-23-11-13-24(14-12-23)34-28(36)22-9-5-20(6-10-22)26-31-17-2-18-32-26/h3-14H,1-2,15-18H2,(H,29,30)(H,31,32)(H,33,35)(H,34,36). The zero-order chi connectivity index (χ0) is 24.7. The van der Waals surface area contributed by atoms with Crippen LogP contribution in [0.4, 0.5) is 11.4 Å². The number of amides is 2. The van der Waals surface area contributed by atoms with E-state index in [-0.39, 0.29) is 11.8 Å². The van der Waals surface area contributed by atoms with Gasteiger partial charge in [0.05, 0.1) is 0 Å². The molecular formula is C28H28N6O2. The van der Waals surface area contributed by atoms with Crippen LogP contribution in [-0.2, 0) is 0 Å². The summed E-state index contributed by atoms with van der Waals surface area (Å²) < 4.78 is 0. The van der Waals surface area contributed by atoms with Gasteiger partial charge in [0.1, 0.15) is 11.7 Å². The van der Waals surface area contributed by atoms with Gasteiger partial charge in [-0.25, -0.2) is 0 Å². The van der Waals surface area contributed by atoms with E-state index in [4.69, 9.17) is 0 Å². The molecule has 2 aliphatic rings. The van der Waals surface area contributed by atoms with Crippen LogP contribution >= 0.6 is 0 Å². The number of nitrogens with zero attached hydrogens (tertiary/aromatic N) is 2. The van der Waals surface area contributed by atoms with Gasteiger partial charge in [-0.2, -0.15) is 0 Å². The Morgan fingerprint density at radius 1 is 0.583 bits per heavy atom. The molecule has 0 radical (unpaired) electrons. The van der Waals surface area contributed by atoms with Crippen molar-refractivity contribution in [3.05, 3.63) is 95.1 Å². The van der Waals surface area contributed by atoms with Crippen molar-refractivity contribution in [2.75, 3.05) is 36.8 Å². The van der Waals surface area contributed by atoms with Crippen LogP contribution in [-0.4, -0.2) is 49.7 Å². The lowest BCUT2D eigenvalue weighted by Crippen LogP contribution is -2.30. The topological polar surface area (TPSA) is 107 Å². The number of carbonyl (C=O) groups excluding carboxylic acids is 2. The largest absolute Gasteiger partial charge is 0.370 e. The summed E-state index contributed by atoms with van der Waals surface area (Å²) in [5.74, 6) is 1.35. The maximum absolute atomic E-state index is 12.7. The first kappa shape index (κ1) is 23.3. The fourth-order valence-electron chi connectivity index (χ4n) is 4.05. The Kier molecular flexibility index (Phi) is 7.02. The van der Waals surface area contributed by atoms with Gasteiger partial charge in [-0.15, -0.1) is 0 Å². The molecule has 182 valence electrons. The first-order valence-corrected chi connectivity index (χ1v) is 12.2. The van der Waals surface area contributed by atoms with Crippen molar-refractivity contribution >= 4 is 34.9 Å². The average molecular weight is 481 g/mol. The SMILES string of the molecule is O=C(Nc1ccc(NC(=O)c2ccc(C3=NCCCN3)cc2)cc1)c1ccc(C2=NCCCN2)cc1. The van der Waals surface area contributed by atoms with Gasteiger partial charge in [-0.3, -0.25) is 19.6 Å². The quantitative estimate of drug-likeness (QED) is 0.432. The van der Waals surface area contributed by atoms with E-state index in [0.717, 1.165) is 61.8 Å². The van der Waals surface area contributed by atoms with Gasteiger partial charge in [-0.05, 0) is 61.4 Å². The zero-order valence-corrected chi connectivity index (χ0v) is 19.9. The van der Waals surface area contributed by atoms with Crippen molar-refractivity contribution in [1.29, 1.82) is 0 Å². The summed E-state index contributed by atoms with van der Waals surface area (Å²) >= 11 is 0. The highest BCUT2D eigenvalue weighted by Crippen LogP contribution is 2.17. The van der Waals surface area contributed by atoms with Crippen LogP contribution in [0, 0.1) is 0 Å². The summed E-state index contributed by atoms with van der Waals surface area (Å²) in [4.78, 5) is 34.3. The van der Waals surface area contributed by atoms with Gasteiger partial charge in [0.25, 0.3) is 11.8 Å². The van der Waals surface area contributed by atoms with Crippen molar-refractivity contribution in [3.63, 3.8) is 0 Å². The van der Waals surface area contributed by atoms with Crippen LogP contribution in [0.15, 0.2) is 82.8 Å². The van der Waals surface area contributed by atoms with Gasteiger partial charge in [0, 0.05) is 59.8 Å². The first-order valence-electron chi connectivity index (χ1n) is 12.2. The second-order valence-electron chi connectivity index (χ2n) is 8.66. The Labute approximate surface area is 209 Å². The summed E-state index contributed by atoms with van der Waals surface area (Å²) in [5, 5.41) is 12.3. The molecular weight excluding hydrogens is 452 g/mol. The molecule has 2 amide bonds. The van der Waals surface area contributed by atoms with Gasteiger partial charge >= 0.3 is 0 Å². The molecule has 0 unspecified atom stereocenters. The van der Waals surface area contributed by atoms with E-state index in [1.165, 1.54) is 0 Å². The van der Waals surface area contributed by atoms with E-state index in [0.29, 0.717) is 22.5 Å². The van der Waals surface area contributed by atoms with Crippen molar-refractivity contribution in [2.45, 2.75) is 12.8 Å². The first-order chi connectivity index (χ1) is 17.7. The summed E-state index contributed by atoms with van der Waals surface area (Å²) in [7, 11) is 0.